The van der Waals surface area contributed by atoms with E-state index < -0.39 is 0 Å². The Bertz CT molecular complexity index is 582. The molecule has 128 valence electrons. The Morgan fingerprint density at radius 3 is 2.61 bits per heavy atom. The van der Waals surface area contributed by atoms with Gasteiger partial charge in [0.05, 0.1) is 6.10 Å². The van der Waals surface area contributed by atoms with Gasteiger partial charge in [-0.2, -0.15) is 0 Å². The summed E-state index contributed by atoms with van der Waals surface area (Å²) in [6, 6.07) is 0. The molecule has 4 rings (SSSR count). The molecule has 4 aliphatic carbocycles. The second-order valence-corrected chi connectivity index (χ2v) is 10.2. The SMILES string of the molecule is CC1=C2C(Br)C[C@@H]3[C@@H](CC[C@]4(C)C(O)CC[C@@H]34)[C@@]2(C)CCC1=O. The molecular formula is C20H29BrO2. The molecule has 0 radical (unpaired) electrons. The zero-order valence-electron chi connectivity index (χ0n) is 14.6. The van der Waals surface area contributed by atoms with Gasteiger partial charge in [-0.1, -0.05) is 29.8 Å². The van der Waals surface area contributed by atoms with E-state index in [4.69, 9.17) is 0 Å². The molecule has 7 atom stereocenters. The largest absolute Gasteiger partial charge is 0.393 e. The van der Waals surface area contributed by atoms with Gasteiger partial charge < -0.3 is 5.11 Å². The van der Waals surface area contributed by atoms with Crippen molar-refractivity contribution in [3.63, 3.8) is 0 Å². The lowest BCUT2D eigenvalue weighted by Crippen LogP contribution is -2.54. The van der Waals surface area contributed by atoms with E-state index in [1.165, 1.54) is 18.4 Å². The molecule has 0 spiro atoms. The topological polar surface area (TPSA) is 37.3 Å². The highest BCUT2D eigenvalue weighted by Gasteiger charge is 2.60. The summed E-state index contributed by atoms with van der Waals surface area (Å²) in [5, 5.41) is 10.5. The number of rotatable bonds is 0. The van der Waals surface area contributed by atoms with Gasteiger partial charge in [0.15, 0.2) is 5.78 Å². The second kappa shape index (κ2) is 5.17. The van der Waals surface area contributed by atoms with Crippen LogP contribution in [0.2, 0.25) is 0 Å². The van der Waals surface area contributed by atoms with Crippen LogP contribution in [0.25, 0.3) is 0 Å². The van der Waals surface area contributed by atoms with Crippen molar-refractivity contribution >= 4 is 21.7 Å². The number of alkyl halides is 1. The molecular weight excluding hydrogens is 352 g/mol. The van der Waals surface area contributed by atoms with Crippen LogP contribution in [0.5, 0.6) is 0 Å². The predicted molar refractivity (Wildman–Crippen MR) is 95.4 cm³/mol. The number of hydrogen-bond acceptors (Lipinski definition) is 2. The van der Waals surface area contributed by atoms with Crippen molar-refractivity contribution < 1.29 is 9.90 Å². The minimum absolute atomic E-state index is 0.110. The molecule has 0 saturated heterocycles. The number of carbonyl (C=O) groups is 1. The Hall–Kier alpha value is -0.150. The Kier molecular flexibility index (Phi) is 3.67. The van der Waals surface area contributed by atoms with E-state index >= 15 is 0 Å². The van der Waals surface area contributed by atoms with Crippen molar-refractivity contribution in [1.82, 2.24) is 0 Å². The number of aliphatic hydroxyl groups excluding tert-OH is 1. The number of ketones is 1. The van der Waals surface area contributed by atoms with Crippen LogP contribution in [0.4, 0.5) is 0 Å². The highest BCUT2D eigenvalue weighted by molar-refractivity contribution is 9.09. The van der Waals surface area contributed by atoms with Gasteiger partial charge in [-0.05, 0) is 85.2 Å². The molecule has 0 aliphatic heterocycles. The van der Waals surface area contributed by atoms with Crippen LogP contribution in [-0.4, -0.2) is 21.8 Å². The summed E-state index contributed by atoms with van der Waals surface area (Å²) in [6.45, 7) is 6.81. The summed E-state index contributed by atoms with van der Waals surface area (Å²) in [5.41, 5.74) is 2.77. The van der Waals surface area contributed by atoms with E-state index in [2.05, 4.69) is 36.7 Å². The molecule has 4 aliphatic rings. The molecule has 3 heteroatoms. The molecule has 2 nitrogen and oxygen atoms in total. The van der Waals surface area contributed by atoms with Gasteiger partial charge >= 0.3 is 0 Å². The molecule has 0 aromatic heterocycles. The molecule has 0 aromatic carbocycles. The summed E-state index contributed by atoms with van der Waals surface area (Å²) in [7, 11) is 0. The number of hydrogen-bond donors (Lipinski definition) is 1. The van der Waals surface area contributed by atoms with Gasteiger partial charge in [0.1, 0.15) is 0 Å². The number of fused-ring (bicyclic) bond motifs is 5. The van der Waals surface area contributed by atoms with E-state index in [1.807, 2.05) is 0 Å². The number of aliphatic hydroxyl groups is 1. The fourth-order valence-corrected chi connectivity index (χ4v) is 8.29. The third-order valence-electron chi connectivity index (χ3n) is 8.31. The molecule has 0 heterocycles. The zero-order valence-corrected chi connectivity index (χ0v) is 16.2. The molecule has 23 heavy (non-hydrogen) atoms. The fraction of sp³-hybridized carbons (Fsp3) is 0.850. The van der Waals surface area contributed by atoms with E-state index in [9.17, 15) is 9.90 Å². The van der Waals surface area contributed by atoms with Crippen molar-refractivity contribution in [3.05, 3.63) is 11.1 Å². The van der Waals surface area contributed by atoms with Crippen molar-refractivity contribution in [3.8, 4) is 0 Å². The Morgan fingerprint density at radius 1 is 1.13 bits per heavy atom. The summed E-state index contributed by atoms with van der Waals surface area (Å²) < 4.78 is 0. The van der Waals surface area contributed by atoms with Crippen LogP contribution in [0.1, 0.15) is 65.7 Å². The predicted octanol–water partition coefficient (Wildman–Crippen LogP) is 4.64. The third kappa shape index (κ3) is 2.05. The zero-order chi connectivity index (χ0) is 16.6. The number of halogens is 1. The molecule has 0 aromatic rings. The Balaban J connectivity index is 1.76. The maximum Gasteiger partial charge on any atom is 0.158 e. The van der Waals surface area contributed by atoms with Crippen molar-refractivity contribution in [2.24, 2.45) is 28.6 Å². The standard InChI is InChI=1S/C20H29BrO2/c1-11-16(22)7-9-20(3)14-6-8-19(2)13(4-5-17(19)23)12(14)10-15(21)18(11)20/h12-15,17,23H,4-10H2,1-3H3/t12-,13-,14+,15?,17?,19-,20+/m0/s1. The normalized spacial score (nSPS) is 52.9. The smallest absolute Gasteiger partial charge is 0.158 e. The number of allylic oxidation sites excluding steroid dienone is 1. The Morgan fingerprint density at radius 2 is 1.87 bits per heavy atom. The average Bonchev–Trinajstić information content (AvgIpc) is 2.79. The highest BCUT2D eigenvalue weighted by atomic mass is 79.9. The fourth-order valence-electron chi connectivity index (χ4n) is 6.99. The molecule has 0 amide bonds. The minimum Gasteiger partial charge on any atom is -0.393 e. The van der Waals surface area contributed by atoms with E-state index in [1.54, 1.807) is 0 Å². The summed E-state index contributed by atoms with van der Waals surface area (Å²) >= 11 is 3.95. The lowest BCUT2D eigenvalue weighted by Gasteiger charge is -2.59. The van der Waals surface area contributed by atoms with Crippen LogP contribution in [-0.2, 0) is 4.79 Å². The van der Waals surface area contributed by atoms with Crippen molar-refractivity contribution in [2.75, 3.05) is 0 Å². The van der Waals surface area contributed by atoms with Crippen LogP contribution in [0.15, 0.2) is 11.1 Å². The lowest BCUT2D eigenvalue weighted by molar-refractivity contribution is -0.119. The summed E-state index contributed by atoms with van der Waals surface area (Å²) in [6.07, 6.45) is 7.32. The van der Waals surface area contributed by atoms with Gasteiger partial charge in [-0.15, -0.1) is 0 Å². The van der Waals surface area contributed by atoms with Crippen LogP contribution >= 0.6 is 15.9 Å². The summed E-state index contributed by atoms with van der Waals surface area (Å²) in [5.74, 6) is 2.41. The second-order valence-electron chi connectivity index (χ2n) is 9.10. The first kappa shape index (κ1) is 16.3. The Labute approximate surface area is 148 Å². The van der Waals surface area contributed by atoms with Crippen LogP contribution < -0.4 is 0 Å². The van der Waals surface area contributed by atoms with E-state index in [-0.39, 0.29) is 16.9 Å². The van der Waals surface area contributed by atoms with Crippen LogP contribution in [0, 0.1) is 28.6 Å². The van der Waals surface area contributed by atoms with Gasteiger partial charge in [0, 0.05) is 11.2 Å². The van der Waals surface area contributed by atoms with Gasteiger partial charge in [0.25, 0.3) is 0 Å². The molecule has 3 fully saturated rings. The van der Waals surface area contributed by atoms with E-state index in [0.717, 1.165) is 37.7 Å². The highest BCUT2D eigenvalue weighted by Crippen LogP contribution is 2.66. The quantitative estimate of drug-likeness (QED) is 0.621. The summed E-state index contributed by atoms with van der Waals surface area (Å²) in [4.78, 5) is 12.6. The van der Waals surface area contributed by atoms with Gasteiger partial charge in [0.2, 0.25) is 0 Å². The van der Waals surface area contributed by atoms with Crippen LogP contribution in [0.3, 0.4) is 0 Å². The first-order chi connectivity index (χ1) is 10.8. The van der Waals surface area contributed by atoms with Crippen molar-refractivity contribution in [2.45, 2.75) is 76.6 Å². The minimum atomic E-state index is -0.110. The molecule has 0 bridgehead atoms. The third-order valence-corrected chi connectivity index (χ3v) is 9.14. The van der Waals surface area contributed by atoms with Gasteiger partial charge in [-0.3, -0.25) is 4.79 Å². The molecule has 3 saturated carbocycles. The first-order valence-electron chi connectivity index (χ1n) is 9.35. The molecule has 2 unspecified atom stereocenters. The number of Topliss-reactive ketones (excluding diaryl/α,β-unsaturated/α-hetero) is 1. The first-order valence-corrected chi connectivity index (χ1v) is 10.3. The monoisotopic (exact) mass is 380 g/mol. The van der Waals surface area contributed by atoms with Gasteiger partial charge in [-0.25, -0.2) is 0 Å². The van der Waals surface area contributed by atoms with E-state index in [0.29, 0.717) is 28.4 Å². The molecule has 1 N–H and O–H groups in total. The average molecular weight is 381 g/mol. The maximum atomic E-state index is 12.3. The number of carbonyl (C=O) groups excluding carboxylic acids is 1. The maximum absolute atomic E-state index is 12.3. The van der Waals surface area contributed by atoms with Crippen molar-refractivity contribution in [1.29, 1.82) is 0 Å². The lowest BCUT2D eigenvalue weighted by atomic mass is 9.47.